The SMILES string of the molecule is [CH2]C1(F)Cc2cc(OC)c(OC)cc2C1=O. The predicted molar refractivity (Wildman–Crippen MR) is 56.8 cm³/mol. The van der Waals surface area contributed by atoms with Crippen molar-refractivity contribution in [2.75, 3.05) is 14.2 Å². The molecule has 1 aromatic carbocycles. The first-order valence-electron chi connectivity index (χ1n) is 4.83. The Kier molecular flexibility index (Phi) is 2.37. The second-order valence-corrected chi connectivity index (χ2v) is 3.84. The van der Waals surface area contributed by atoms with Gasteiger partial charge < -0.3 is 9.47 Å². The highest BCUT2D eigenvalue weighted by atomic mass is 19.1. The van der Waals surface area contributed by atoms with E-state index in [1.54, 1.807) is 6.07 Å². The van der Waals surface area contributed by atoms with Crippen molar-refractivity contribution in [1.29, 1.82) is 0 Å². The van der Waals surface area contributed by atoms with Crippen molar-refractivity contribution < 1.29 is 18.7 Å². The zero-order valence-corrected chi connectivity index (χ0v) is 9.17. The first-order chi connectivity index (χ1) is 7.49. The normalized spacial score (nSPS) is 23.1. The number of fused-ring (bicyclic) bond motifs is 1. The monoisotopic (exact) mass is 223 g/mol. The Hall–Kier alpha value is -1.58. The molecule has 0 amide bonds. The lowest BCUT2D eigenvalue weighted by Gasteiger charge is -2.08. The molecular formula is C12H12FO3. The number of benzene rings is 1. The zero-order valence-electron chi connectivity index (χ0n) is 9.17. The molecule has 0 heterocycles. The van der Waals surface area contributed by atoms with Crippen LogP contribution in [0.1, 0.15) is 15.9 Å². The summed E-state index contributed by atoms with van der Waals surface area (Å²) in [5, 5.41) is 0. The largest absolute Gasteiger partial charge is 0.493 e. The first-order valence-corrected chi connectivity index (χ1v) is 4.83. The van der Waals surface area contributed by atoms with Gasteiger partial charge in [0.2, 0.25) is 5.78 Å². The van der Waals surface area contributed by atoms with E-state index in [9.17, 15) is 9.18 Å². The summed E-state index contributed by atoms with van der Waals surface area (Å²) in [5.41, 5.74) is -1.12. The van der Waals surface area contributed by atoms with E-state index in [1.165, 1.54) is 20.3 Å². The van der Waals surface area contributed by atoms with Crippen molar-refractivity contribution in [2.45, 2.75) is 12.1 Å². The minimum atomic E-state index is -2.06. The number of hydrogen-bond acceptors (Lipinski definition) is 3. The predicted octanol–water partition coefficient (Wildman–Crippen LogP) is 1.98. The Bertz CT molecular complexity index is 452. The maximum atomic E-state index is 13.7. The van der Waals surface area contributed by atoms with Gasteiger partial charge >= 0.3 is 0 Å². The molecule has 16 heavy (non-hydrogen) atoms. The van der Waals surface area contributed by atoms with E-state index in [0.29, 0.717) is 22.6 Å². The average Bonchev–Trinajstić information content (AvgIpc) is 2.48. The van der Waals surface area contributed by atoms with Gasteiger partial charge in [0, 0.05) is 12.0 Å². The van der Waals surface area contributed by atoms with E-state index in [1.807, 2.05) is 0 Å². The second kappa shape index (κ2) is 3.47. The third kappa shape index (κ3) is 1.45. The van der Waals surface area contributed by atoms with Crippen LogP contribution in [0.2, 0.25) is 0 Å². The van der Waals surface area contributed by atoms with Gasteiger partial charge in [-0.2, -0.15) is 0 Å². The minimum Gasteiger partial charge on any atom is -0.493 e. The molecule has 0 saturated heterocycles. The number of methoxy groups -OCH3 is 2. The summed E-state index contributed by atoms with van der Waals surface area (Å²) in [6.45, 7) is 3.28. The average molecular weight is 223 g/mol. The number of ketones is 1. The molecule has 1 aliphatic rings. The highest BCUT2D eigenvalue weighted by molar-refractivity contribution is 6.07. The molecule has 1 atom stereocenters. The smallest absolute Gasteiger partial charge is 0.200 e. The number of hydrogen-bond donors (Lipinski definition) is 0. The van der Waals surface area contributed by atoms with Gasteiger partial charge in [-0.1, -0.05) is 0 Å². The molecule has 0 spiro atoms. The van der Waals surface area contributed by atoms with E-state index in [0.717, 1.165) is 0 Å². The van der Waals surface area contributed by atoms with Crippen molar-refractivity contribution in [1.82, 2.24) is 0 Å². The summed E-state index contributed by atoms with van der Waals surface area (Å²) in [5.74, 6) is 0.322. The summed E-state index contributed by atoms with van der Waals surface area (Å²) in [7, 11) is 2.96. The molecule has 85 valence electrons. The first kappa shape index (κ1) is 10.9. The zero-order chi connectivity index (χ0) is 11.9. The number of rotatable bonds is 2. The van der Waals surface area contributed by atoms with E-state index in [2.05, 4.69) is 6.92 Å². The van der Waals surface area contributed by atoms with Crippen LogP contribution in [0, 0.1) is 6.92 Å². The van der Waals surface area contributed by atoms with Gasteiger partial charge in [-0.15, -0.1) is 0 Å². The topological polar surface area (TPSA) is 35.5 Å². The molecule has 4 heteroatoms. The van der Waals surface area contributed by atoms with Gasteiger partial charge in [0.25, 0.3) is 0 Å². The maximum absolute atomic E-state index is 13.7. The van der Waals surface area contributed by atoms with Crippen LogP contribution in [0.3, 0.4) is 0 Å². The van der Waals surface area contributed by atoms with Crippen LogP contribution >= 0.6 is 0 Å². The van der Waals surface area contributed by atoms with Crippen molar-refractivity contribution in [3.8, 4) is 11.5 Å². The molecule has 1 aliphatic carbocycles. The fourth-order valence-corrected chi connectivity index (χ4v) is 1.90. The van der Waals surface area contributed by atoms with Gasteiger partial charge in [-0.05, 0) is 24.6 Å². The third-order valence-electron chi connectivity index (χ3n) is 2.73. The van der Waals surface area contributed by atoms with Crippen molar-refractivity contribution in [3.63, 3.8) is 0 Å². The van der Waals surface area contributed by atoms with Gasteiger partial charge in [0.1, 0.15) is 0 Å². The van der Waals surface area contributed by atoms with Crippen LogP contribution in [-0.2, 0) is 6.42 Å². The van der Waals surface area contributed by atoms with Gasteiger partial charge in [0.15, 0.2) is 17.2 Å². The van der Waals surface area contributed by atoms with Gasteiger partial charge in [-0.25, -0.2) is 4.39 Å². The van der Waals surface area contributed by atoms with E-state index in [-0.39, 0.29) is 6.42 Å². The molecule has 3 nitrogen and oxygen atoms in total. The molecule has 1 aromatic rings. The molecule has 1 unspecified atom stereocenters. The Morgan fingerprint density at radius 1 is 1.31 bits per heavy atom. The molecule has 0 aromatic heterocycles. The molecule has 0 bridgehead atoms. The Morgan fingerprint density at radius 2 is 1.88 bits per heavy atom. The third-order valence-corrected chi connectivity index (χ3v) is 2.73. The number of carbonyl (C=O) groups excluding carboxylic acids is 1. The number of carbonyl (C=O) groups is 1. The summed E-state index contributed by atoms with van der Waals surface area (Å²) < 4.78 is 23.9. The van der Waals surface area contributed by atoms with E-state index >= 15 is 0 Å². The molecule has 1 radical (unpaired) electrons. The van der Waals surface area contributed by atoms with Crippen molar-refractivity contribution in [2.24, 2.45) is 0 Å². The molecule has 0 N–H and O–H groups in total. The van der Waals surface area contributed by atoms with Crippen molar-refractivity contribution in [3.05, 3.63) is 30.2 Å². The molecule has 0 saturated carbocycles. The van der Waals surface area contributed by atoms with Crippen LogP contribution in [-0.4, -0.2) is 25.7 Å². The number of alkyl halides is 1. The second-order valence-electron chi connectivity index (χ2n) is 3.84. The lowest BCUT2D eigenvalue weighted by Crippen LogP contribution is -2.25. The summed E-state index contributed by atoms with van der Waals surface area (Å²) in [6, 6.07) is 3.13. The summed E-state index contributed by atoms with van der Waals surface area (Å²) in [6.07, 6.45) is -0.0124. The maximum Gasteiger partial charge on any atom is 0.200 e. The van der Waals surface area contributed by atoms with Crippen LogP contribution in [0.15, 0.2) is 12.1 Å². The summed E-state index contributed by atoms with van der Waals surface area (Å²) >= 11 is 0. The quantitative estimate of drug-likeness (QED) is 0.769. The Morgan fingerprint density at radius 3 is 2.44 bits per heavy atom. The van der Waals surface area contributed by atoms with Crippen molar-refractivity contribution >= 4 is 5.78 Å². The van der Waals surface area contributed by atoms with E-state index < -0.39 is 11.5 Å². The Balaban J connectivity index is 2.56. The Labute approximate surface area is 93.2 Å². The highest BCUT2D eigenvalue weighted by Crippen LogP contribution is 2.39. The highest BCUT2D eigenvalue weighted by Gasteiger charge is 2.42. The van der Waals surface area contributed by atoms with Crippen LogP contribution < -0.4 is 9.47 Å². The van der Waals surface area contributed by atoms with Gasteiger partial charge in [-0.3, -0.25) is 4.79 Å². The van der Waals surface area contributed by atoms with Crippen LogP contribution in [0.25, 0.3) is 0 Å². The van der Waals surface area contributed by atoms with E-state index in [4.69, 9.17) is 9.47 Å². The van der Waals surface area contributed by atoms with Gasteiger partial charge in [0.05, 0.1) is 14.2 Å². The number of Topliss-reactive ketones (excluding diaryl/α,β-unsaturated/α-hetero) is 1. The molecule has 2 rings (SSSR count). The fourth-order valence-electron chi connectivity index (χ4n) is 1.90. The molecule has 0 fully saturated rings. The lowest BCUT2D eigenvalue weighted by atomic mass is 10.1. The molecule has 0 aliphatic heterocycles. The fraction of sp³-hybridized carbons (Fsp3) is 0.333. The standard InChI is InChI=1S/C12H12FO3/c1-12(13)6-7-4-9(15-2)10(16-3)5-8(7)11(12)14/h4-5H,1,6H2,2-3H3. The number of halogens is 1. The van der Waals surface area contributed by atoms with Crippen LogP contribution in [0.4, 0.5) is 4.39 Å². The minimum absolute atomic E-state index is 0.0124. The lowest BCUT2D eigenvalue weighted by molar-refractivity contribution is 0.0804. The van der Waals surface area contributed by atoms with Crippen LogP contribution in [0.5, 0.6) is 11.5 Å². The molecular weight excluding hydrogens is 211 g/mol. The summed E-state index contributed by atoms with van der Waals surface area (Å²) in [4.78, 5) is 11.7. The number of ether oxygens (including phenoxy) is 2.